The number of aromatic nitrogens is 1. The van der Waals surface area contributed by atoms with E-state index in [1.54, 1.807) is 19.1 Å². The minimum atomic E-state index is -4.21. The van der Waals surface area contributed by atoms with Crippen molar-refractivity contribution in [3.05, 3.63) is 18.0 Å². The Hall–Kier alpha value is -1.80. The number of hydrogen-bond acceptors (Lipinski definition) is 6. The van der Waals surface area contributed by atoms with Crippen LogP contribution in [-0.4, -0.2) is 32.9 Å². The summed E-state index contributed by atoms with van der Waals surface area (Å²) in [6.07, 6.45) is 0.223. The second-order valence-corrected chi connectivity index (χ2v) is 6.09. The van der Waals surface area contributed by atoms with Gasteiger partial charge in [0.05, 0.1) is 37.3 Å². The molecule has 1 aromatic heterocycles. The summed E-state index contributed by atoms with van der Waals surface area (Å²) in [5.41, 5.74) is 1.36. The summed E-state index contributed by atoms with van der Waals surface area (Å²) in [5.74, 6) is 1.31. The van der Waals surface area contributed by atoms with Crippen molar-refractivity contribution in [3.63, 3.8) is 0 Å². The van der Waals surface area contributed by atoms with Crippen LogP contribution in [0.1, 0.15) is 12.3 Å². The third-order valence-electron chi connectivity index (χ3n) is 3.17. The average Bonchev–Trinajstić information content (AvgIpc) is 2.71. The van der Waals surface area contributed by atoms with E-state index in [0.29, 0.717) is 29.5 Å². The van der Waals surface area contributed by atoms with Crippen molar-refractivity contribution in [2.45, 2.75) is 19.9 Å². The normalized spacial score (nSPS) is 11.8. The van der Waals surface area contributed by atoms with Crippen molar-refractivity contribution >= 4 is 21.2 Å². The number of ether oxygens (including phenoxy) is 2. The Kier molecular flexibility index (Phi) is 4.38. The zero-order chi connectivity index (χ0) is 15.6. The van der Waals surface area contributed by atoms with Crippen LogP contribution in [0.4, 0.5) is 0 Å². The highest BCUT2D eigenvalue weighted by molar-refractivity contribution is 7.85. The Bertz CT molecular complexity index is 750. The molecule has 0 amide bonds. The number of rotatable bonds is 6. The van der Waals surface area contributed by atoms with Gasteiger partial charge < -0.3 is 18.4 Å². The van der Waals surface area contributed by atoms with E-state index in [1.165, 1.54) is 14.2 Å². The summed E-state index contributed by atoms with van der Waals surface area (Å²) in [5, 5.41) is 0. The molecule has 0 fully saturated rings. The lowest BCUT2D eigenvalue weighted by atomic mass is 10.2. The zero-order valence-corrected chi connectivity index (χ0v) is 12.9. The molecular formula is C13H17NO6S. The lowest BCUT2D eigenvalue weighted by Crippen LogP contribution is -2.36. The zero-order valence-electron chi connectivity index (χ0n) is 12.1. The van der Waals surface area contributed by atoms with Crippen LogP contribution in [0.25, 0.3) is 11.1 Å². The third kappa shape index (κ3) is 3.45. The Labute approximate surface area is 122 Å². The van der Waals surface area contributed by atoms with Gasteiger partial charge in [0, 0.05) is 18.2 Å². The van der Waals surface area contributed by atoms with Crippen LogP contribution in [-0.2, 0) is 16.7 Å². The fraction of sp³-hybridized carbons (Fsp3) is 0.462. The van der Waals surface area contributed by atoms with Gasteiger partial charge in [0.2, 0.25) is 5.58 Å². The number of methoxy groups -OCH3 is 2. The van der Waals surface area contributed by atoms with Crippen molar-refractivity contribution in [2.24, 2.45) is 0 Å². The molecule has 2 aromatic rings. The molecule has 0 bridgehead atoms. The van der Waals surface area contributed by atoms with Crippen LogP contribution < -0.4 is 14.0 Å². The monoisotopic (exact) mass is 315 g/mol. The highest BCUT2D eigenvalue weighted by Gasteiger charge is 2.22. The van der Waals surface area contributed by atoms with Gasteiger partial charge in [0.15, 0.2) is 18.0 Å². The van der Waals surface area contributed by atoms with Crippen LogP contribution in [0.5, 0.6) is 11.5 Å². The first-order valence-corrected chi connectivity index (χ1v) is 7.92. The predicted octanol–water partition coefficient (Wildman–Crippen LogP) is 0.981. The summed E-state index contributed by atoms with van der Waals surface area (Å²) in [4.78, 5) is 0. The second kappa shape index (κ2) is 5.90. The topological polar surface area (TPSA) is 92.7 Å². The minimum absolute atomic E-state index is 0.223. The number of benzene rings is 1. The van der Waals surface area contributed by atoms with Crippen LogP contribution in [0.3, 0.4) is 0 Å². The molecule has 0 saturated heterocycles. The van der Waals surface area contributed by atoms with Crippen molar-refractivity contribution in [1.82, 2.24) is 0 Å². The Balaban J connectivity index is 2.37. The molecule has 0 aliphatic carbocycles. The Morgan fingerprint density at radius 3 is 2.43 bits per heavy atom. The maximum absolute atomic E-state index is 10.7. The molecule has 8 heteroatoms. The first-order valence-electron chi connectivity index (χ1n) is 6.34. The van der Waals surface area contributed by atoms with E-state index in [4.69, 9.17) is 13.9 Å². The molecular weight excluding hydrogens is 298 g/mol. The first kappa shape index (κ1) is 15.6. The summed E-state index contributed by atoms with van der Waals surface area (Å²) in [7, 11) is -1.14. The lowest BCUT2D eigenvalue weighted by molar-refractivity contribution is -0.682. The summed E-state index contributed by atoms with van der Waals surface area (Å²) in [6, 6.07) is 3.47. The van der Waals surface area contributed by atoms with Crippen molar-refractivity contribution < 1.29 is 31.4 Å². The van der Waals surface area contributed by atoms with Gasteiger partial charge in [-0.3, -0.25) is 0 Å². The minimum Gasteiger partial charge on any atom is -0.748 e. The molecule has 0 unspecified atom stereocenters. The number of nitrogens with zero attached hydrogens (tertiary/aromatic N) is 1. The van der Waals surface area contributed by atoms with Gasteiger partial charge in [-0.2, -0.15) is 4.57 Å². The molecule has 0 N–H and O–H groups in total. The van der Waals surface area contributed by atoms with Gasteiger partial charge in [-0.25, -0.2) is 8.42 Å². The lowest BCUT2D eigenvalue weighted by Gasteiger charge is -2.06. The van der Waals surface area contributed by atoms with E-state index in [2.05, 4.69) is 0 Å². The summed E-state index contributed by atoms with van der Waals surface area (Å²) < 4.78 is 49.9. The van der Waals surface area contributed by atoms with Crippen LogP contribution >= 0.6 is 0 Å². The van der Waals surface area contributed by atoms with Gasteiger partial charge in [-0.1, -0.05) is 0 Å². The van der Waals surface area contributed by atoms with E-state index in [9.17, 15) is 13.0 Å². The molecule has 0 aliphatic rings. The first-order chi connectivity index (χ1) is 9.85. The molecule has 0 spiro atoms. The number of fused-ring (bicyclic) bond motifs is 1. The van der Waals surface area contributed by atoms with Gasteiger partial charge >= 0.3 is 5.89 Å². The number of oxazole rings is 1. The quantitative estimate of drug-likeness (QED) is 0.583. The molecule has 0 radical (unpaired) electrons. The fourth-order valence-electron chi connectivity index (χ4n) is 2.20. The Morgan fingerprint density at radius 2 is 1.86 bits per heavy atom. The highest BCUT2D eigenvalue weighted by Crippen LogP contribution is 2.31. The van der Waals surface area contributed by atoms with E-state index in [-0.39, 0.29) is 6.42 Å². The van der Waals surface area contributed by atoms with Gasteiger partial charge in [-0.15, -0.1) is 0 Å². The smallest absolute Gasteiger partial charge is 0.344 e. The van der Waals surface area contributed by atoms with E-state index >= 15 is 0 Å². The number of aryl methyl sites for hydroxylation is 2. The van der Waals surface area contributed by atoms with Gasteiger partial charge in [-0.05, 0) is 0 Å². The van der Waals surface area contributed by atoms with E-state index in [0.717, 1.165) is 5.52 Å². The molecule has 2 rings (SSSR count). The van der Waals surface area contributed by atoms with Crippen molar-refractivity contribution in [1.29, 1.82) is 0 Å². The van der Waals surface area contributed by atoms with Crippen LogP contribution in [0, 0.1) is 6.92 Å². The molecule has 116 valence electrons. The molecule has 7 nitrogen and oxygen atoms in total. The predicted molar refractivity (Wildman–Crippen MR) is 73.4 cm³/mol. The van der Waals surface area contributed by atoms with E-state index in [1.807, 2.05) is 4.57 Å². The Morgan fingerprint density at radius 1 is 1.24 bits per heavy atom. The summed E-state index contributed by atoms with van der Waals surface area (Å²) >= 11 is 0. The molecule has 0 aliphatic heterocycles. The fourth-order valence-corrected chi connectivity index (χ4v) is 2.69. The number of hydrogen-bond donors (Lipinski definition) is 0. The SMILES string of the molecule is COc1cc2oc(C)[n+](CCCS(=O)(=O)[O-])c2cc1OC. The second-order valence-electron chi connectivity index (χ2n) is 4.56. The molecule has 0 atom stereocenters. The molecule has 21 heavy (non-hydrogen) atoms. The molecule has 0 saturated carbocycles. The van der Waals surface area contributed by atoms with Crippen LogP contribution in [0.2, 0.25) is 0 Å². The van der Waals surface area contributed by atoms with Gasteiger partial charge in [0.1, 0.15) is 0 Å². The van der Waals surface area contributed by atoms with E-state index < -0.39 is 15.9 Å². The largest absolute Gasteiger partial charge is 0.748 e. The van der Waals surface area contributed by atoms with Crippen molar-refractivity contribution in [3.8, 4) is 11.5 Å². The summed E-state index contributed by atoms with van der Waals surface area (Å²) in [6.45, 7) is 2.14. The van der Waals surface area contributed by atoms with Crippen molar-refractivity contribution in [2.75, 3.05) is 20.0 Å². The standard InChI is InChI=1S/C13H17NO6S/c1-9-14(5-4-6-21(15,16)17)10-7-12(18-2)13(19-3)8-11(10)20-9/h7-8H,4-6H2,1-3H3. The average molecular weight is 315 g/mol. The van der Waals surface area contributed by atoms with Gasteiger partial charge in [0.25, 0.3) is 5.52 Å². The maximum atomic E-state index is 10.7. The molecule has 1 aromatic carbocycles. The van der Waals surface area contributed by atoms with Crippen LogP contribution in [0.15, 0.2) is 16.5 Å². The maximum Gasteiger partial charge on any atom is 0.344 e. The highest BCUT2D eigenvalue weighted by atomic mass is 32.2. The third-order valence-corrected chi connectivity index (χ3v) is 3.96. The molecule has 1 heterocycles.